The molecule has 0 saturated heterocycles. The van der Waals surface area contributed by atoms with Gasteiger partial charge in [0.05, 0.1) is 11.4 Å². The maximum atomic E-state index is 12.3. The van der Waals surface area contributed by atoms with Crippen LogP contribution < -0.4 is 10.6 Å². The van der Waals surface area contributed by atoms with Crippen molar-refractivity contribution in [2.45, 2.75) is 105 Å². The molecule has 1 aromatic carbocycles. The highest BCUT2D eigenvalue weighted by molar-refractivity contribution is 5.99. The number of hydrogen-bond acceptors (Lipinski definition) is 2. The van der Waals surface area contributed by atoms with Crippen molar-refractivity contribution in [3.05, 3.63) is 23.3 Å². The Morgan fingerprint density at radius 2 is 1.00 bits per heavy atom. The zero-order chi connectivity index (χ0) is 20.8. The van der Waals surface area contributed by atoms with Crippen LogP contribution in [-0.2, 0) is 9.59 Å². The second-order valence-corrected chi connectivity index (χ2v) is 7.91. The highest BCUT2D eigenvalue weighted by Crippen LogP contribution is 2.27. The Balaban J connectivity index is 2.59. The van der Waals surface area contributed by atoms with Crippen LogP contribution in [0.2, 0.25) is 0 Å². The summed E-state index contributed by atoms with van der Waals surface area (Å²) in [5, 5.41) is 6.01. The maximum Gasteiger partial charge on any atom is 0.224 e. The van der Waals surface area contributed by atoms with Gasteiger partial charge in [-0.15, -0.1) is 0 Å². The Bertz CT molecular complexity index is 558. The first kappa shape index (κ1) is 24.2. The largest absolute Gasteiger partial charge is 0.324 e. The molecular formula is C24H40N2O2. The fourth-order valence-corrected chi connectivity index (χ4v) is 3.23. The highest BCUT2D eigenvalue weighted by atomic mass is 16.2. The van der Waals surface area contributed by atoms with E-state index in [2.05, 4.69) is 24.5 Å². The van der Waals surface area contributed by atoms with Crippen LogP contribution in [0.4, 0.5) is 11.4 Å². The lowest BCUT2D eigenvalue weighted by atomic mass is 10.1. The third-order valence-corrected chi connectivity index (χ3v) is 5.20. The van der Waals surface area contributed by atoms with Crippen LogP contribution in [0.15, 0.2) is 12.1 Å². The number of amides is 2. The smallest absolute Gasteiger partial charge is 0.224 e. The van der Waals surface area contributed by atoms with Crippen LogP contribution in [0, 0.1) is 13.8 Å². The van der Waals surface area contributed by atoms with Gasteiger partial charge in [-0.2, -0.15) is 0 Å². The number of benzene rings is 1. The van der Waals surface area contributed by atoms with Crippen LogP contribution in [0.5, 0.6) is 0 Å². The summed E-state index contributed by atoms with van der Waals surface area (Å²) in [6.07, 6.45) is 12.3. The first-order valence-corrected chi connectivity index (χ1v) is 11.2. The molecule has 4 nitrogen and oxygen atoms in total. The Labute approximate surface area is 171 Å². The van der Waals surface area contributed by atoms with E-state index in [1.54, 1.807) is 0 Å². The molecule has 1 rings (SSSR count). The second kappa shape index (κ2) is 14.2. The standard InChI is InChI=1S/C24H40N2O2/c1-5-7-9-11-13-15-23(27)25-21-17-19(3)20(4)18-22(21)26-24(28)16-14-12-10-8-6-2/h17-18H,5-16H2,1-4H3,(H,25,27)(H,26,28). The van der Waals surface area contributed by atoms with Gasteiger partial charge < -0.3 is 10.6 Å². The molecule has 0 aliphatic heterocycles. The Morgan fingerprint density at radius 1 is 0.643 bits per heavy atom. The third-order valence-electron chi connectivity index (χ3n) is 5.20. The zero-order valence-corrected chi connectivity index (χ0v) is 18.5. The molecule has 0 aliphatic rings. The van der Waals surface area contributed by atoms with Crippen LogP contribution in [-0.4, -0.2) is 11.8 Å². The van der Waals surface area contributed by atoms with Gasteiger partial charge in [-0.25, -0.2) is 0 Å². The summed E-state index contributed by atoms with van der Waals surface area (Å²) in [5.41, 5.74) is 3.63. The van der Waals surface area contributed by atoms with Gasteiger partial charge in [0, 0.05) is 12.8 Å². The highest BCUT2D eigenvalue weighted by Gasteiger charge is 2.12. The lowest BCUT2D eigenvalue weighted by Crippen LogP contribution is -2.16. The topological polar surface area (TPSA) is 58.2 Å². The molecule has 0 heterocycles. The van der Waals surface area contributed by atoms with E-state index in [-0.39, 0.29) is 11.8 Å². The van der Waals surface area contributed by atoms with Gasteiger partial charge in [0.2, 0.25) is 11.8 Å². The van der Waals surface area contributed by atoms with E-state index >= 15 is 0 Å². The summed E-state index contributed by atoms with van der Waals surface area (Å²) in [6, 6.07) is 3.92. The molecular weight excluding hydrogens is 348 g/mol. The minimum Gasteiger partial charge on any atom is -0.324 e. The van der Waals surface area contributed by atoms with Crippen molar-refractivity contribution >= 4 is 23.2 Å². The SMILES string of the molecule is CCCCCCCC(=O)Nc1cc(C)c(C)cc1NC(=O)CCCCCCC. The summed E-state index contributed by atoms with van der Waals surface area (Å²) in [6.45, 7) is 8.42. The maximum absolute atomic E-state index is 12.3. The van der Waals surface area contributed by atoms with E-state index in [0.717, 1.165) is 36.8 Å². The minimum absolute atomic E-state index is 0.0230. The van der Waals surface area contributed by atoms with E-state index in [0.29, 0.717) is 24.2 Å². The molecule has 4 heteroatoms. The quantitative estimate of drug-likeness (QED) is 0.340. The summed E-state index contributed by atoms with van der Waals surface area (Å²) >= 11 is 0. The molecule has 0 radical (unpaired) electrons. The molecule has 158 valence electrons. The number of aryl methyl sites for hydroxylation is 2. The molecule has 0 bridgehead atoms. The van der Waals surface area contributed by atoms with E-state index in [4.69, 9.17) is 0 Å². The number of carbonyl (C=O) groups excluding carboxylic acids is 2. The predicted molar refractivity (Wildman–Crippen MR) is 120 cm³/mol. The molecule has 0 spiro atoms. The second-order valence-electron chi connectivity index (χ2n) is 7.91. The lowest BCUT2D eigenvalue weighted by Gasteiger charge is -2.15. The molecule has 0 aromatic heterocycles. The van der Waals surface area contributed by atoms with Crippen molar-refractivity contribution in [2.24, 2.45) is 0 Å². The normalized spacial score (nSPS) is 10.7. The molecule has 0 aliphatic carbocycles. The number of unbranched alkanes of at least 4 members (excludes halogenated alkanes) is 8. The van der Waals surface area contributed by atoms with E-state index in [1.165, 1.54) is 38.5 Å². The molecule has 0 fully saturated rings. The molecule has 0 saturated carbocycles. The van der Waals surface area contributed by atoms with Gasteiger partial charge in [-0.05, 0) is 49.9 Å². The minimum atomic E-state index is 0.0230. The molecule has 28 heavy (non-hydrogen) atoms. The summed E-state index contributed by atoms with van der Waals surface area (Å²) in [7, 11) is 0. The number of nitrogens with one attached hydrogen (secondary N) is 2. The summed E-state index contributed by atoms with van der Waals surface area (Å²) < 4.78 is 0. The average Bonchev–Trinajstić information content (AvgIpc) is 2.65. The van der Waals surface area contributed by atoms with Crippen molar-refractivity contribution in [1.29, 1.82) is 0 Å². The average molecular weight is 389 g/mol. The van der Waals surface area contributed by atoms with Crippen molar-refractivity contribution < 1.29 is 9.59 Å². The van der Waals surface area contributed by atoms with Crippen molar-refractivity contribution in [2.75, 3.05) is 10.6 Å². The van der Waals surface area contributed by atoms with Crippen molar-refractivity contribution in [1.82, 2.24) is 0 Å². The Morgan fingerprint density at radius 3 is 1.36 bits per heavy atom. The third kappa shape index (κ3) is 9.91. The first-order valence-electron chi connectivity index (χ1n) is 11.2. The molecule has 2 N–H and O–H groups in total. The van der Waals surface area contributed by atoms with Gasteiger partial charge in [-0.1, -0.05) is 65.2 Å². The van der Waals surface area contributed by atoms with E-state index in [9.17, 15) is 9.59 Å². The molecule has 0 unspecified atom stereocenters. The molecule has 0 atom stereocenters. The Hall–Kier alpha value is -1.84. The van der Waals surface area contributed by atoms with Gasteiger partial charge in [0.15, 0.2) is 0 Å². The number of carbonyl (C=O) groups is 2. The summed E-state index contributed by atoms with van der Waals surface area (Å²) in [4.78, 5) is 24.7. The zero-order valence-electron chi connectivity index (χ0n) is 18.5. The number of rotatable bonds is 14. The van der Waals surface area contributed by atoms with Crippen molar-refractivity contribution in [3.63, 3.8) is 0 Å². The number of anilines is 2. The van der Waals surface area contributed by atoms with Gasteiger partial charge in [0.25, 0.3) is 0 Å². The van der Waals surface area contributed by atoms with Gasteiger partial charge in [0.1, 0.15) is 0 Å². The molecule has 1 aromatic rings. The lowest BCUT2D eigenvalue weighted by molar-refractivity contribution is -0.117. The number of hydrogen-bond donors (Lipinski definition) is 2. The predicted octanol–water partition coefficient (Wildman–Crippen LogP) is 6.90. The van der Waals surface area contributed by atoms with Crippen LogP contribution >= 0.6 is 0 Å². The van der Waals surface area contributed by atoms with E-state index < -0.39 is 0 Å². The monoisotopic (exact) mass is 388 g/mol. The fourth-order valence-electron chi connectivity index (χ4n) is 3.23. The van der Waals surface area contributed by atoms with E-state index in [1.807, 2.05) is 26.0 Å². The van der Waals surface area contributed by atoms with Crippen LogP contribution in [0.3, 0.4) is 0 Å². The van der Waals surface area contributed by atoms with Crippen molar-refractivity contribution in [3.8, 4) is 0 Å². The molecule has 2 amide bonds. The Kier molecular flexibility index (Phi) is 12.3. The van der Waals surface area contributed by atoms with Crippen LogP contribution in [0.1, 0.15) is 102 Å². The van der Waals surface area contributed by atoms with Gasteiger partial charge in [-0.3, -0.25) is 9.59 Å². The fraction of sp³-hybridized carbons (Fsp3) is 0.667. The van der Waals surface area contributed by atoms with Crippen LogP contribution in [0.25, 0.3) is 0 Å². The van der Waals surface area contributed by atoms with Gasteiger partial charge >= 0.3 is 0 Å². The first-order chi connectivity index (χ1) is 13.5. The summed E-state index contributed by atoms with van der Waals surface area (Å²) in [5.74, 6) is 0.0460.